The van der Waals surface area contributed by atoms with Crippen LogP contribution in [0.1, 0.15) is 57.9 Å². The summed E-state index contributed by atoms with van der Waals surface area (Å²) in [5.41, 5.74) is 1.72. The number of rotatable bonds is 7. The number of ether oxygens (including phenoxy) is 2. The number of amides is 1. The van der Waals surface area contributed by atoms with Crippen LogP contribution in [0.5, 0.6) is 5.75 Å². The smallest absolute Gasteiger partial charge is 0.226 e. The van der Waals surface area contributed by atoms with Crippen molar-refractivity contribution in [2.45, 2.75) is 58.9 Å². The molecule has 1 aromatic rings. The SMILES string of the molecule is COCCOc1ccc(CNC(=O)C23CC4CC(C)(CC(C)(C4)C2)C3)cc1. The number of carbonyl (C=O) groups excluding carboxylic acids is 1. The molecular weight excluding hydrogens is 338 g/mol. The van der Waals surface area contributed by atoms with Crippen molar-refractivity contribution in [3.8, 4) is 5.75 Å². The molecule has 4 saturated carbocycles. The largest absolute Gasteiger partial charge is 0.491 e. The predicted octanol–water partition coefficient (Wildman–Crippen LogP) is 4.32. The van der Waals surface area contributed by atoms with Crippen molar-refractivity contribution in [3.05, 3.63) is 29.8 Å². The van der Waals surface area contributed by atoms with Crippen LogP contribution in [0.3, 0.4) is 0 Å². The standard InChI is InChI=1S/C23H33NO3/c1-21-10-18-11-22(2,14-21)16-23(12-18,15-21)20(25)24-13-17-4-6-19(7-5-17)27-9-8-26-3/h4-7,18H,8-16H2,1-3H3,(H,24,25). The van der Waals surface area contributed by atoms with Gasteiger partial charge in [0.1, 0.15) is 12.4 Å². The van der Waals surface area contributed by atoms with Gasteiger partial charge in [-0.1, -0.05) is 26.0 Å². The molecule has 1 amide bonds. The molecule has 0 aromatic heterocycles. The first-order chi connectivity index (χ1) is 12.8. The lowest BCUT2D eigenvalue weighted by Gasteiger charge is -2.64. The molecule has 5 rings (SSSR count). The van der Waals surface area contributed by atoms with Crippen LogP contribution in [0.15, 0.2) is 24.3 Å². The molecule has 0 heterocycles. The average Bonchev–Trinajstić information content (AvgIpc) is 2.58. The van der Waals surface area contributed by atoms with Crippen LogP contribution in [0.25, 0.3) is 0 Å². The van der Waals surface area contributed by atoms with Gasteiger partial charge < -0.3 is 14.8 Å². The van der Waals surface area contributed by atoms with Crippen LogP contribution in [-0.2, 0) is 16.1 Å². The molecule has 27 heavy (non-hydrogen) atoms. The minimum Gasteiger partial charge on any atom is -0.491 e. The topological polar surface area (TPSA) is 47.6 Å². The zero-order valence-electron chi connectivity index (χ0n) is 17.0. The van der Waals surface area contributed by atoms with Crippen molar-refractivity contribution in [1.29, 1.82) is 0 Å². The van der Waals surface area contributed by atoms with E-state index in [0.717, 1.165) is 36.5 Å². The highest BCUT2D eigenvalue weighted by Gasteiger charge is 2.62. The first-order valence-electron chi connectivity index (χ1n) is 10.3. The third-order valence-electron chi connectivity index (χ3n) is 7.04. The Morgan fingerprint density at radius 3 is 2.30 bits per heavy atom. The van der Waals surface area contributed by atoms with Crippen LogP contribution in [0.2, 0.25) is 0 Å². The molecule has 148 valence electrons. The second kappa shape index (κ2) is 6.80. The molecule has 0 radical (unpaired) electrons. The summed E-state index contributed by atoms with van der Waals surface area (Å²) >= 11 is 0. The van der Waals surface area contributed by atoms with Gasteiger partial charge in [-0.05, 0) is 73.0 Å². The van der Waals surface area contributed by atoms with E-state index in [1.165, 1.54) is 19.3 Å². The molecule has 4 aliphatic carbocycles. The van der Waals surface area contributed by atoms with Crippen molar-refractivity contribution in [3.63, 3.8) is 0 Å². The lowest BCUT2D eigenvalue weighted by Crippen LogP contribution is -2.59. The maximum Gasteiger partial charge on any atom is 0.226 e. The van der Waals surface area contributed by atoms with E-state index in [1.54, 1.807) is 7.11 Å². The number of hydrogen-bond donors (Lipinski definition) is 1. The van der Waals surface area contributed by atoms with Crippen molar-refractivity contribution < 1.29 is 14.3 Å². The number of carbonyl (C=O) groups is 1. The Labute approximate surface area is 163 Å². The summed E-state index contributed by atoms with van der Waals surface area (Å²) in [5.74, 6) is 1.86. The normalized spacial score (nSPS) is 36.6. The molecule has 4 aliphatic rings. The van der Waals surface area contributed by atoms with E-state index >= 15 is 0 Å². The molecule has 4 fully saturated rings. The molecule has 0 saturated heterocycles. The Morgan fingerprint density at radius 2 is 1.70 bits per heavy atom. The van der Waals surface area contributed by atoms with Gasteiger partial charge in [0.25, 0.3) is 0 Å². The predicted molar refractivity (Wildman–Crippen MR) is 105 cm³/mol. The number of nitrogens with one attached hydrogen (secondary N) is 1. The van der Waals surface area contributed by atoms with E-state index in [-0.39, 0.29) is 11.3 Å². The van der Waals surface area contributed by atoms with Gasteiger partial charge in [0.2, 0.25) is 5.91 Å². The van der Waals surface area contributed by atoms with Crippen molar-refractivity contribution >= 4 is 5.91 Å². The first-order valence-corrected chi connectivity index (χ1v) is 10.3. The molecule has 1 N–H and O–H groups in total. The van der Waals surface area contributed by atoms with Gasteiger partial charge in [0, 0.05) is 13.7 Å². The molecule has 2 atom stereocenters. The summed E-state index contributed by atoms with van der Waals surface area (Å²) in [4.78, 5) is 13.2. The van der Waals surface area contributed by atoms with Crippen molar-refractivity contribution in [2.75, 3.05) is 20.3 Å². The second-order valence-electron chi connectivity index (χ2n) is 10.1. The lowest BCUT2D eigenvalue weighted by molar-refractivity contribution is -0.170. The Bertz CT molecular complexity index is 680. The number of methoxy groups -OCH3 is 1. The fourth-order valence-electron chi connectivity index (χ4n) is 7.02. The minimum absolute atomic E-state index is 0.133. The summed E-state index contributed by atoms with van der Waals surface area (Å²) in [6, 6.07) is 7.99. The summed E-state index contributed by atoms with van der Waals surface area (Å²) < 4.78 is 10.6. The lowest BCUT2D eigenvalue weighted by atomic mass is 9.40. The third-order valence-corrected chi connectivity index (χ3v) is 7.04. The Hall–Kier alpha value is -1.55. The third kappa shape index (κ3) is 3.73. The van der Waals surface area contributed by atoms with E-state index in [1.807, 2.05) is 24.3 Å². The van der Waals surface area contributed by atoms with Gasteiger partial charge in [0.15, 0.2) is 0 Å². The second-order valence-corrected chi connectivity index (χ2v) is 10.1. The highest BCUT2D eigenvalue weighted by Crippen LogP contribution is 2.69. The van der Waals surface area contributed by atoms with Gasteiger partial charge >= 0.3 is 0 Å². The van der Waals surface area contributed by atoms with Crippen LogP contribution >= 0.6 is 0 Å². The van der Waals surface area contributed by atoms with E-state index < -0.39 is 0 Å². The summed E-state index contributed by atoms with van der Waals surface area (Å²) in [5, 5.41) is 3.26. The summed E-state index contributed by atoms with van der Waals surface area (Å²) in [7, 11) is 1.67. The number of hydrogen-bond acceptors (Lipinski definition) is 3. The fraction of sp³-hybridized carbons (Fsp3) is 0.696. The van der Waals surface area contributed by atoms with Crippen LogP contribution in [0, 0.1) is 22.2 Å². The first kappa shape index (κ1) is 18.8. The van der Waals surface area contributed by atoms with Crippen LogP contribution in [-0.4, -0.2) is 26.2 Å². The minimum atomic E-state index is -0.133. The Morgan fingerprint density at radius 1 is 1.04 bits per heavy atom. The molecule has 4 nitrogen and oxygen atoms in total. The average molecular weight is 372 g/mol. The van der Waals surface area contributed by atoms with Gasteiger partial charge in [-0.3, -0.25) is 4.79 Å². The molecular formula is C23H33NO3. The summed E-state index contributed by atoms with van der Waals surface area (Å²) in [6.45, 7) is 6.56. The Kier molecular flexibility index (Phi) is 4.74. The maximum atomic E-state index is 13.2. The molecule has 0 aliphatic heterocycles. The van der Waals surface area contributed by atoms with E-state index in [4.69, 9.17) is 9.47 Å². The van der Waals surface area contributed by atoms with Gasteiger partial charge in [-0.25, -0.2) is 0 Å². The monoisotopic (exact) mass is 371 g/mol. The molecule has 4 heteroatoms. The van der Waals surface area contributed by atoms with Crippen molar-refractivity contribution in [1.82, 2.24) is 5.32 Å². The van der Waals surface area contributed by atoms with Gasteiger partial charge in [-0.15, -0.1) is 0 Å². The molecule has 0 spiro atoms. The maximum absolute atomic E-state index is 13.2. The van der Waals surface area contributed by atoms with Crippen LogP contribution in [0.4, 0.5) is 0 Å². The highest BCUT2D eigenvalue weighted by atomic mass is 16.5. The molecule has 2 unspecified atom stereocenters. The molecule has 1 aromatic carbocycles. The zero-order valence-corrected chi connectivity index (χ0v) is 17.0. The van der Waals surface area contributed by atoms with Crippen LogP contribution < -0.4 is 10.1 Å². The van der Waals surface area contributed by atoms with E-state index in [0.29, 0.717) is 30.6 Å². The highest BCUT2D eigenvalue weighted by molar-refractivity contribution is 5.83. The van der Waals surface area contributed by atoms with E-state index in [2.05, 4.69) is 19.2 Å². The van der Waals surface area contributed by atoms with E-state index in [9.17, 15) is 4.79 Å². The Balaban J connectivity index is 1.37. The fourth-order valence-corrected chi connectivity index (χ4v) is 7.02. The van der Waals surface area contributed by atoms with Crippen molar-refractivity contribution in [2.24, 2.45) is 22.2 Å². The quantitative estimate of drug-likeness (QED) is 0.726. The number of benzene rings is 1. The zero-order chi connectivity index (χ0) is 19.1. The van der Waals surface area contributed by atoms with Gasteiger partial charge in [-0.2, -0.15) is 0 Å². The van der Waals surface area contributed by atoms with Gasteiger partial charge in [0.05, 0.1) is 12.0 Å². The molecule has 4 bridgehead atoms. The summed E-state index contributed by atoms with van der Waals surface area (Å²) in [6.07, 6.45) is 7.19.